The molecule has 0 N–H and O–H groups in total. The summed E-state index contributed by atoms with van der Waals surface area (Å²) < 4.78 is 42.3. The van der Waals surface area contributed by atoms with Gasteiger partial charge in [0.05, 0.1) is 11.9 Å². The highest BCUT2D eigenvalue weighted by molar-refractivity contribution is 5.39. The second-order valence-electron chi connectivity index (χ2n) is 5.32. The molecule has 1 aromatic carbocycles. The summed E-state index contributed by atoms with van der Waals surface area (Å²) in [7, 11) is 0. The summed E-state index contributed by atoms with van der Waals surface area (Å²) in [5, 5.41) is 4.22. The van der Waals surface area contributed by atoms with Crippen LogP contribution in [-0.2, 0) is 6.54 Å². The van der Waals surface area contributed by atoms with E-state index in [1.54, 1.807) is 16.9 Å². The van der Waals surface area contributed by atoms with Gasteiger partial charge in [0.15, 0.2) is 0 Å². The Hall–Kier alpha value is -2.02. The molecule has 1 fully saturated rings. The lowest BCUT2D eigenvalue weighted by molar-refractivity contribution is -0.274. The number of halogens is 3. The molecule has 0 radical (unpaired) electrons. The van der Waals surface area contributed by atoms with Crippen LogP contribution < -0.4 is 4.74 Å². The van der Waals surface area contributed by atoms with Crippen molar-refractivity contribution >= 4 is 0 Å². The lowest BCUT2D eigenvalue weighted by atomic mass is 10.3. The van der Waals surface area contributed by atoms with Crippen LogP contribution in [0.2, 0.25) is 0 Å². The largest absolute Gasteiger partial charge is 0.573 e. The van der Waals surface area contributed by atoms with Crippen LogP contribution in [0.4, 0.5) is 13.2 Å². The van der Waals surface area contributed by atoms with Gasteiger partial charge in [0.1, 0.15) is 5.75 Å². The molecule has 0 unspecified atom stereocenters. The number of likely N-dealkylation sites (tertiary alicyclic amines) is 1. The molecule has 0 spiro atoms. The SMILES string of the molecule is FC(F)(F)Oc1cccc(-n2cc(CN3CCCC3)cn2)c1. The third kappa shape index (κ3) is 3.79. The van der Waals surface area contributed by atoms with Crippen molar-refractivity contribution in [2.45, 2.75) is 25.7 Å². The highest BCUT2D eigenvalue weighted by Gasteiger charge is 2.31. The number of hydrogen-bond donors (Lipinski definition) is 0. The second kappa shape index (κ2) is 6.00. The van der Waals surface area contributed by atoms with E-state index in [9.17, 15) is 13.2 Å². The Morgan fingerprint density at radius 3 is 2.68 bits per heavy atom. The monoisotopic (exact) mass is 311 g/mol. The van der Waals surface area contributed by atoms with Crippen molar-refractivity contribution in [2.75, 3.05) is 13.1 Å². The van der Waals surface area contributed by atoms with Crippen LogP contribution in [0.3, 0.4) is 0 Å². The third-order valence-electron chi connectivity index (χ3n) is 3.56. The Morgan fingerprint density at radius 1 is 1.18 bits per heavy atom. The molecule has 118 valence electrons. The van der Waals surface area contributed by atoms with E-state index in [-0.39, 0.29) is 5.75 Å². The molecule has 1 saturated heterocycles. The zero-order valence-corrected chi connectivity index (χ0v) is 11.9. The van der Waals surface area contributed by atoms with E-state index in [0.717, 1.165) is 25.2 Å². The summed E-state index contributed by atoms with van der Waals surface area (Å²) in [6, 6.07) is 5.79. The molecular formula is C15H16F3N3O. The average molecular weight is 311 g/mol. The highest BCUT2D eigenvalue weighted by atomic mass is 19.4. The summed E-state index contributed by atoms with van der Waals surface area (Å²) in [6.07, 6.45) is 1.32. The molecule has 0 amide bonds. The fourth-order valence-corrected chi connectivity index (χ4v) is 2.61. The van der Waals surface area contributed by atoms with Gasteiger partial charge >= 0.3 is 6.36 Å². The molecule has 7 heteroatoms. The summed E-state index contributed by atoms with van der Waals surface area (Å²) >= 11 is 0. The van der Waals surface area contributed by atoms with Gasteiger partial charge in [0, 0.05) is 24.4 Å². The first-order valence-electron chi connectivity index (χ1n) is 7.12. The van der Waals surface area contributed by atoms with Crippen LogP contribution in [0.25, 0.3) is 5.69 Å². The van der Waals surface area contributed by atoms with Gasteiger partial charge in [-0.25, -0.2) is 4.68 Å². The van der Waals surface area contributed by atoms with E-state index < -0.39 is 6.36 Å². The molecule has 0 atom stereocenters. The molecular weight excluding hydrogens is 295 g/mol. The number of ether oxygens (including phenoxy) is 1. The van der Waals surface area contributed by atoms with Crippen LogP contribution in [-0.4, -0.2) is 34.1 Å². The number of rotatable bonds is 4. The van der Waals surface area contributed by atoms with Gasteiger partial charge < -0.3 is 4.74 Å². The van der Waals surface area contributed by atoms with Crippen molar-refractivity contribution in [1.82, 2.24) is 14.7 Å². The predicted octanol–water partition coefficient (Wildman–Crippen LogP) is 3.37. The number of aromatic nitrogens is 2. The molecule has 0 saturated carbocycles. The Bertz CT molecular complexity index is 633. The molecule has 4 nitrogen and oxygen atoms in total. The van der Waals surface area contributed by atoms with Gasteiger partial charge in [-0.1, -0.05) is 6.07 Å². The molecule has 2 aromatic rings. The molecule has 1 aliphatic rings. The molecule has 1 aliphatic heterocycles. The Labute approximate surface area is 126 Å². The Kier molecular flexibility index (Phi) is 4.06. The summed E-state index contributed by atoms with van der Waals surface area (Å²) in [5.74, 6) is -0.249. The van der Waals surface area contributed by atoms with Crippen molar-refractivity contribution in [3.05, 3.63) is 42.2 Å². The molecule has 0 bridgehead atoms. The molecule has 0 aliphatic carbocycles. The maximum absolute atomic E-state index is 12.3. The van der Waals surface area contributed by atoms with E-state index >= 15 is 0 Å². The van der Waals surface area contributed by atoms with Crippen LogP contribution in [0.15, 0.2) is 36.7 Å². The maximum atomic E-state index is 12.3. The zero-order chi connectivity index (χ0) is 15.6. The average Bonchev–Trinajstić information content (AvgIpc) is 3.09. The summed E-state index contributed by atoms with van der Waals surface area (Å²) in [6.45, 7) is 2.99. The minimum atomic E-state index is -4.69. The predicted molar refractivity (Wildman–Crippen MR) is 74.8 cm³/mol. The zero-order valence-electron chi connectivity index (χ0n) is 11.9. The Balaban J connectivity index is 1.73. The summed E-state index contributed by atoms with van der Waals surface area (Å²) in [5.41, 5.74) is 1.58. The van der Waals surface area contributed by atoms with Gasteiger partial charge in [-0.2, -0.15) is 5.10 Å². The van der Waals surface area contributed by atoms with Gasteiger partial charge in [0.2, 0.25) is 0 Å². The smallest absolute Gasteiger partial charge is 0.406 e. The lowest BCUT2D eigenvalue weighted by Crippen LogP contribution is -2.17. The molecule has 1 aromatic heterocycles. The van der Waals surface area contributed by atoms with Crippen LogP contribution >= 0.6 is 0 Å². The van der Waals surface area contributed by atoms with E-state index in [1.165, 1.54) is 31.0 Å². The first-order chi connectivity index (χ1) is 10.5. The number of hydrogen-bond acceptors (Lipinski definition) is 3. The highest BCUT2D eigenvalue weighted by Crippen LogP contribution is 2.24. The molecule has 22 heavy (non-hydrogen) atoms. The van der Waals surface area contributed by atoms with E-state index in [4.69, 9.17) is 0 Å². The van der Waals surface area contributed by atoms with E-state index in [2.05, 4.69) is 14.7 Å². The summed E-state index contributed by atoms with van der Waals surface area (Å²) in [4.78, 5) is 2.34. The van der Waals surface area contributed by atoms with Crippen LogP contribution in [0, 0.1) is 0 Å². The van der Waals surface area contributed by atoms with Gasteiger partial charge in [-0.05, 0) is 38.1 Å². The normalized spacial score (nSPS) is 16.1. The minimum absolute atomic E-state index is 0.249. The molecule has 2 heterocycles. The van der Waals surface area contributed by atoms with Crippen molar-refractivity contribution in [1.29, 1.82) is 0 Å². The third-order valence-corrected chi connectivity index (χ3v) is 3.56. The fourth-order valence-electron chi connectivity index (χ4n) is 2.61. The van der Waals surface area contributed by atoms with Crippen LogP contribution in [0.1, 0.15) is 18.4 Å². The van der Waals surface area contributed by atoms with Crippen molar-refractivity contribution in [3.8, 4) is 11.4 Å². The number of nitrogens with zero attached hydrogens (tertiary/aromatic N) is 3. The standard InChI is InChI=1S/C15H16F3N3O/c16-15(17,18)22-14-5-3-4-13(8-14)21-11-12(9-19-21)10-20-6-1-2-7-20/h3-5,8-9,11H,1-2,6-7,10H2. The first kappa shape index (κ1) is 14.9. The van der Waals surface area contributed by atoms with Gasteiger partial charge in [-0.15, -0.1) is 13.2 Å². The van der Waals surface area contributed by atoms with Crippen LogP contribution in [0.5, 0.6) is 5.75 Å². The van der Waals surface area contributed by atoms with Crippen molar-refractivity contribution < 1.29 is 17.9 Å². The molecule has 3 rings (SSSR count). The van der Waals surface area contributed by atoms with Gasteiger partial charge in [-0.3, -0.25) is 4.90 Å². The van der Waals surface area contributed by atoms with E-state index in [0.29, 0.717) is 5.69 Å². The van der Waals surface area contributed by atoms with E-state index in [1.807, 2.05) is 6.20 Å². The minimum Gasteiger partial charge on any atom is -0.406 e. The number of benzene rings is 1. The first-order valence-corrected chi connectivity index (χ1v) is 7.12. The topological polar surface area (TPSA) is 30.3 Å². The number of alkyl halides is 3. The van der Waals surface area contributed by atoms with Gasteiger partial charge in [0.25, 0.3) is 0 Å². The Morgan fingerprint density at radius 2 is 1.95 bits per heavy atom. The quantitative estimate of drug-likeness (QED) is 0.867. The lowest BCUT2D eigenvalue weighted by Gasteiger charge is -2.12. The maximum Gasteiger partial charge on any atom is 0.573 e. The second-order valence-corrected chi connectivity index (χ2v) is 5.32. The fraction of sp³-hybridized carbons (Fsp3) is 0.400. The van der Waals surface area contributed by atoms with Crippen molar-refractivity contribution in [2.24, 2.45) is 0 Å². The van der Waals surface area contributed by atoms with Crippen molar-refractivity contribution in [3.63, 3.8) is 0 Å².